The minimum absolute atomic E-state index is 0.0862. The zero-order valence-corrected chi connectivity index (χ0v) is 17.2. The largest absolute Gasteiger partial charge is 0.463 e. The number of carbonyl (C=O) groups is 4. The lowest BCUT2D eigenvalue weighted by Gasteiger charge is -2.16. The van der Waals surface area contributed by atoms with Gasteiger partial charge in [0, 0.05) is 40.3 Å². The molecule has 29 heavy (non-hydrogen) atoms. The van der Waals surface area contributed by atoms with Crippen LogP contribution in [0.2, 0.25) is 0 Å². The summed E-state index contributed by atoms with van der Waals surface area (Å²) in [5.41, 5.74) is 0. The van der Waals surface area contributed by atoms with Gasteiger partial charge in [-0.25, -0.2) is 14.4 Å². The number of hydrogen-bond donors (Lipinski definition) is 1. The number of hydrogen-bond acceptors (Lipinski definition) is 11. The zero-order chi connectivity index (χ0) is 22.2. The van der Waals surface area contributed by atoms with Crippen LogP contribution < -0.4 is 0 Å². The van der Waals surface area contributed by atoms with Crippen molar-refractivity contribution >= 4 is 23.9 Å². The minimum atomic E-state index is -1.86. The molecule has 1 N–H and O–H groups in total. The average Bonchev–Trinajstić information content (AvgIpc) is 2.67. The highest BCUT2D eigenvalue weighted by molar-refractivity contribution is 5.85. The first-order valence-electron chi connectivity index (χ1n) is 9.12. The number of methoxy groups -OCH3 is 2. The smallest absolute Gasteiger partial charge is 0.347 e. The molecule has 3 atom stereocenters. The van der Waals surface area contributed by atoms with Gasteiger partial charge < -0.3 is 33.5 Å². The number of rotatable bonds is 15. The highest BCUT2D eigenvalue weighted by Crippen LogP contribution is 2.05. The van der Waals surface area contributed by atoms with Crippen molar-refractivity contribution in [3.8, 4) is 0 Å². The van der Waals surface area contributed by atoms with Crippen LogP contribution in [0.1, 0.15) is 33.1 Å². The van der Waals surface area contributed by atoms with Crippen molar-refractivity contribution in [3.63, 3.8) is 0 Å². The fraction of sp³-hybridized carbons (Fsp3) is 0.778. The maximum absolute atomic E-state index is 11.8. The Morgan fingerprint density at radius 3 is 1.62 bits per heavy atom. The second-order valence-electron chi connectivity index (χ2n) is 5.96. The van der Waals surface area contributed by atoms with Gasteiger partial charge in [-0.15, -0.1) is 0 Å². The summed E-state index contributed by atoms with van der Waals surface area (Å²) >= 11 is 0. The Morgan fingerprint density at radius 1 is 0.724 bits per heavy atom. The molecule has 0 spiro atoms. The third-order valence-electron chi connectivity index (χ3n) is 3.37. The van der Waals surface area contributed by atoms with Gasteiger partial charge in [-0.05, 0) is 13.8 Å². The summed E-state index contributed by atoms with van der Waals surface area (Å²) < 4.78 is 28.9. The van der Waals surface area contributed by atoms with Gasteiger partial charge in [0.2, 0.25) is 0 Å². The lowest BCUT2D eigenvalue weighted by atomic mass is 10.2. The fourth-order valence-electron chi connectivity index (χ4n) is 1.82. The van der Waals surface area contributed by atoms with Gasteiger partial charge in [-0.1, -0.05) is 0 Å². The molecule has 0 radical (unpaired) electrons. The number of esters is 4. The van der Waals surface area contributed by atoms with Crippen molar-refractivity contribution < 1.29 is 52.7 Å². The molecule has 0 bridgehead atoms. The summed E-state index contributed by atoms with van der Waals surface area (Å²) in [7, 11) is 3.01. The summed E-state index contributed by atoms with van der Waals surface area (Å²) in [5.74, 6) is -3.77. The van der Waals surface area contributed by atoms with Gasteiger partial charge in [0.25, 0.3) is 0 Å². The molecule has 0 aliphatic carbocycles. The predicted molar refractivity (Wildman–Crippen MR) is 96.6 cm³/mol. The van der Waals surface area contributed by atoms with Crippen molar-refractivity contribution in [2.45, 2.75) is 51.4 Å². The number of aliphatic hydroxyl groups excluding tert-OH is 1. The van der Waals surface area contributed by atoms with E-state index in [0.717, 1.165) is 0 Å². The van der Waals surface area contributed by atoms with E-state index in [1.807, 2.05) is 0 Å². The summed E-state index contributed by atoms with van der Waals surface area (Å²) in [6.45, 7) is 3.56. The maximum Gasteiger partial charge on any atom is 0.347 e. The van der Waals surface area contributed by atoms with E-state index in [9.17, 15) is 24.3 Å². The van der Waals surface area contributed by atoms with Gasteiger partial charge in [0.15, 0.2) is 18.3 Å². The molecule has 11 heteroatoms. The fourth-order valence-corrected chi connectivity index (χ4v) is 1.82. The van der Waals surface area contributed by atoms with E-state index in [-0.39, 0.29) is 13.2 Å². The normalized spacial score (nSPS) is 13.7. The Hall–Kier alpha value is -2.24. The molecule has 168 valence electrons. The molecule has 0 fully saturated rings. The SMILES string of the molecule is COCCCOC(=O)C(C)OC(=O)CC(O)C(=O)OC(C)C(=O)OCCCOC. The standard InChI is InChI=1S/C18H30O11/c1-12(16(21)26-9-5-7-24-3)28-15(20)11-14(19)18(23)29-13(2)17(22)27-10-6-8-25-4/h12-14,19H,5-11H2,1-4H3. The van der Waals surface area contributed by atoms with Crippen molar-refractivity contribution in [2.75, 3.05) is 40.6 Å². The van der Waals surface area contributed by atoms with Gasteiger partial charge in [0.1, 0.15) is 0 Å². The molecule has 0 aromatic heterocycles. The highest BCUT2D eigenvalue weighted by atomic mass is 16.6. The predicted octanol–water partition coefficient (Wildman–Crippen LogP) is -0.240. The molecular weight excluding hydrogens is 392 g/mol. The first kappa shape index (κ1) is 26.8. The van der Waals surface area contributed by atoms with Crippen LogP contribution in [0.4, 0.5) is 0 Å². The molecule has 3 unspecified atom stereocenters. The molecule has 0 aliphatic rings. The lowest BCUT2D eigenvalue weighted by Crippen LogP contribution is -2.35. The van der Waals surface area contributed by atoms with Gasteiger partial charge >= 0.3 is 23.9 Å². The van der Waals surface area contributed by atoms with Crippen LogP contribution in [0.5, 0.6) is 0 Å². The van der Waals surface area contributed by atoms with E-state index in [4.69, 9.17) is 28.4 Å². The molecule has 0 heterocycles. The van der Waals surface area contributed by atoms with E-state index in [0.29, 0.717) is 26.1 Å². The second-order valence-corrected chi connectivity index (χ2v) is 5.96. The first-order valence-corrected chi connectivity index (χ1v) is 9.12. The van der Waals surface area contributed by atoms with Crippen LogP contribution in [-0.2, 0) is 47.6 Å². The molecular formula is C18H30O11. The zero-order valence-electron chi connectivity index (χ0n) is 17.2. The molecule has 0 aromatic rings. The van der Waals surface area contributed by atoms with Crippen LogP contribution >= 0.6 is 0 Å². The summed E-state index contributed by atoms with van der Waals surface area (Å²) in [6.07, 6.45) is -4.14. The molecule has 11 nitrogen and oxygen atoms in total. The third kappa shape index (κ3) is 12.8. The van der Waals surface area contributed by atoms with Crippen LogP contribution in [-0.4, -0.2) is 87.9 Å². The summed E-state index contributed by atoms with van der Waals surface area (Å²) in [6, 6.07) is 0. The summed E-state index contributed by atoms with van der Waals surface area (Å²) in [4.78, 5) is 46.8. The third-order valence-corrected chi connectivity index (χ3v) is 3.37. The van der Waals surface area contributed by atoms with E-state index in [1.165, 1.54) is 28.1 Å². The van der Waals surface area contributed by atoms with Crippen LogP contribution in [0, 0.1) is 0 Å². The van der Waals surface area contributed by atoms with E-state index >= 15 is 0 Å². The van der Waals surface area contributed by atoms with Gasteiger partial charge in [-0.2, -0.15) is 0 Å². The topological polar surface area (TPSA) is 144 Å². The van der Waals surface area contributed by atoms with E-state index in [2.05, 4.69) is 0 Å². The van der Waals surface area contributed by atoms with Crippen molar-refractivity contribution in [3.05, 3.63) is 0 Å². The van der Waals surface area contributed by atoms with Crippen molar-refractivity contribution in [2.24, 2.45) is 0 Å². The van der Waals surface area contributed by atoms with Crippen LogP contribution in [0.3, 0.4) is 0 Å². The Bertz CT molecular complexity index is 520. The van der Waals surface area contributed by atoms with Crippen molar-refractivity contribution in [1.82, 2.24) is 0 Å². The summed E-state index contributed by atoms with van der Waals surface area (Å²) in [5, 5.41) is 9.74. The van der Waals surface area contributed by atoms with Crippen molar-refractivity contribution in [1.29, 1.82) is 0 Å². The maximum atomic E-state index is 11.8. The molecule has 0 saturated heterocycles. The van der Waals surface area contributed by atoms with E-state index < -0.39 is 48.6 Å². The Kier molecular flexibility index (Phi) is 14.4. The number of ether oxygens (including phenoxy) is 6. The molecule has 0 aromatic carbocycles. The Labute approximate surface area is 169 Å². The quantitative estimate of drug-likeness (QED) is 0.212. The molecule has 0 amide bonds. The van der Waals surface area contributed by atoms with Crippen LogP contribution in [0.25, 0.3) is 0 Å². The number of carbonyl (C=O) groups excluding carboxylic acids is 4. The van der Waals surface area contributed by atoms with E-state index in [1.54, 1.807) is 0 Å². The Balaban J connectivity index is 4.23. The Morgan fingerprint density at radius 2 is 1.17 bits per heavy atom. The average molecular weight is 422 g/mol. The second kappa shape index (κ2) is 15.7. The lowest BCUT2D eigenvalue weighted by molar-refractivity contribution is -0.176. The monoisotopic (exact) mass is 422 g/mol. The first-order chi connectivity index (χ1) is 13.7. The number of aliphatic hydroxyl groups is 1. The molecule has 0 aliphatic heterocycles. The molecule has 0 rings (SSSR count). The van der Waals surface area contributed by atoms with Crippen LogP contribution in [0.15, 0.2) is 0 Å². The van der Waals surface area contributed by atoms with Gasteiger partial charge in [-0.3, -0.25) is 4.79 Å². The van der Waals surface area contributed by atoms with Gasteiger partial charge in [0.05, 0.1) is 19.6 Å². The highest BCUT2D eigenvalue weighted by Gasteiger charge is 2.28. The minimum Gasteiger partial charge on any atom is -0.463 e. The molecule has 0 saturated carbocycles.